The van der Waals surface area contributed by atoms with Gasteiger partial charge in [-0.3, -0.25) is 4.79 Å². The van der Waals surface area contributed by atoms with Crippen LogP contribution in [0.5, 0.6) is 5.88 Å². The Morgan fingerprint density at radius 3 is 2.39 bits per heavy atom. The Morgan fingerprint density at radius 2 is 1.75 bits per heavy atom. The van der Waals surface area contributed by atoms with Crippen molar-refractivity contribution in [2.45, 2.75) is 26.9 Å². The summed E-state index contributed by atoms with van der Waals surface area (Å²) in [6.07, 6.45) is 0.882. The van der Waals surface area contributed by atoms with E-state index in [4.69, 9.17) is 9.47 Å². The molecule has 1 saturated heterocycles. The molecule has 0 unspecified atom stereocenters. The number of para-hydroxylation sites is 1. The lowest BCUT2D eigenvalue weighted by atomic mass is 10.2. The molecular weight excluding hydrogens is 360 g/mol. The summed E-state index contributed by atoms with van der Waals surface area (Å²) in [6.45, 7) is 7.58. The molecule has 0 N–H and O–H groups in total. The van der Waals surface area contributed by atoms with Gasteiger partial charge in [0.15, 0.2) is 6.10 Å². The number of amides is 2. The van der Waals surface area contributed by atoms with Gasteiger partial charge in [-0.25, -0.2) is 9.48 Å². The summed E-state index contributed by atoms with van der Waals surface area (Å²) in [4.78, 5) is 27.8. The smallest absolute Gasteiger partial charge is 0.409 e. The molecule has 8 heteroatoms. The van der Waals surface area contributed by atoms with E-state index in [1.165, 1.54) is 0 Å². The molecule has 0 bridgehead atoms. The highest BCUT2D eigenvalue weighted by Gasteiger charge is 2.29. The number of aromatic nitrogens is 2. The molecule has 1 fully saturated rings. The Labute approximate surface area is 164 Å². The van der Waals surface area contributed by atoms with Crippen molar-refractivity contribution in [2.24, 2.45) is 0 Å². The SMILES string of the molecule is CCOC(=O)N1CCN(C(=O)[C@@H](C)Oc2nn(-c3ccccc3)cc2C)CC1. The van der Waals surface area contributed by atoms with Gasteiger partial charge in [0.1, 0.15) is 0 Å². The van der Waals surface area contributed by atoms with Gasteiger partial charge in [0.05, 0.1) is 12.3 Å². The molecular formula is C20H26N4O4. The highest BCUT2D eigenvalue weighted by atomic mass is 16.6. The molecule has 0 saturated carbocycles. The minimum atomic E-state index is -0.660. The molecule has 1 aliphatic rings. The number of hydrogen-bond acceptors (Lipinski definition) is 5. The van der Waals surface area contributed by atoms with Gasteiger partial charge in [-0.1, -0.05) is 18.2 Å². The van der Waals surface area contributed by atoms with Crippen LogP contribution in [0.2, 0.25) is 0 Å². The van der Waals surface area contributed by atoms with Gasteiger partial charge < -0.3 is 19.3 Å². The summed E-state index contributed by atoms with van der Waals surface area (Å²) in [6, 6.07) is 9.73. The number of hydrogen-bond donors (Lipinski definition) is 0. The van der Waals surface area contributed by atoms with Crippen LogP contribution in [0, 0.1) is 6.92 Å². The first-order valence-corrected chi connectivity index (χ1v) is 9.48. The van der Waals surface area contributed by atoms with E-state index in [1.54, 1.807) is 28.3 Å². The third-order valence-corrected chi connectivity index (χ3v) is 4.63. The number of rotatable bonds is 5. The van der Waals surface area contributed by atoms with Crippen molar-refractivity contribution < 1.29 is 19.1 Å². The molecule has 0 spiro atoms. The molecule has 28 heavy (non-hydrogen) atoms. The van der Waals surface area contributed by atoms with E-state index < -0.39 is 6.10 Å². The topological polar surface area (TPSA) is 76.9 Å². The molecule has 8 nitrogen and oxygen atoms in total. The molecule has 150 valence electrons. The largest absolute Gasteiger partial charge is 0.463 e. The van der Waals surface area contributed by atoms with Gasteiger partial charge in [0.25, 0.3) is 5.91 Å². The summed E-state index contributed by atoms with van der Waals surface area (Å²) in [7, 11) is 0. The van der Waals surface area contributed by atoms with Crippen molar-refractivity contribution in [1.82, 2.24) is 19.6 Å². The highest BCUT2D eigenvalue weighted by Crippen LogP contribution is 2.20. The summed E-state index contributed by atoms with van der Waals surface area (Å²) in [5.41, 5.74) is 1.78. The molecule has 3 rings (SSSR count). The molecule has 1 aromatic carbocycles. The second-order valence-corrected chi connectivity index (χ2v) is 6.67. The number of aryl methyl sites for hydroxylation is 1. The normalized spacial score (nSPS) is 15.2. The van der Waals surface area contributed by atoms with Crippen LogP contribution in [0.25, 0.3) is 5.69 Å². The van der Waals surface area contributed by atoms with Crippen molar-refractivity contribution in [2.75, 3.05) is 32.8 Å². The maximum Gasteiger partial charge on any atom is 0.409 e. The van der Waals surface area contributed by atoms with Crippen molar-refractivity contribution in [3.8, 4) is 11.6 Å². The maximum absolute atomic E-state index is 12.7. The first-order chi connectivity index (χ1) is 13.5. The lowest BCUT2D eigenvalue weighted by Gasteiger charge is -2.35. The molecule has 2 heterocycles. The zero-order valence-corrected chi connectivity index (χ0v) is 16.5. The molecule has 2 amide bonds. The van der Waals surface area contributed by atoms with Crippen LogP contribution >= 0.6 is 0 Å². The summed E-state index contributed by atoms with van der Waals surface area (Å²) >= 11 is 0. The summed E-state index contributed by atoms with van der Waals surface area (Å²) < 4.78 is 12.6. The zero-order chi connectivity index (χ0) is 20.1. The Bertz CT molecular complexity index is 813. The predicted octanol–water partition coefficient (Wildman–Crippen LogP) is 2.25. The van der Waals surface area contributed by atoms with E-state index in [-0.39, 0.29) is 12.0 Å². The number of carbonyl (C=O) groups is 2. The average Bonchev–Trinajstić information content (AvgIpc) is 3.08. The van der Waals surface area contributed by atoms with Gasteiger partial charge in [-0.2, -0.15) is 0 Å². The fourth-order valence-corrected chi connectivity index (χ4v) is 3.07. The first kappa shape index (κ1) is 19.7. The minimum Gasteiger partial charge on any atom is -0.463 e. The predicted molar refractivity (Wildman–Crippen MR) is 104 cm³/mol. The lowest BCUT2D eigenvalue weighted by Crippen LogP contribution is -2.53. The van der Waals surface area contributed by atoms with Crippen molar-refractivity contribution in [3.05, 3.63) is 42.1 Å². The van der Waals surface area contributed by atoms with Crippen LogP contribution in [0.3, 0.4) is 0 Å². The number of ether oxygens (including phenoxy) is 2. The Hall–Kier alpha value is -3.03. The van der Waals surface area contributed by atoms with Crippen LogP contribution in [0.4, 0.5) is 4.79 Å². The second kappa shape index (κ2) is 8.77. The number of carbonyl (C=O) groups excluding carboxylic acids is 2. The average molecular weight is 386 g/mol. The summed E-state index contributed by atoms with van der Waals surface area (Å²) in [5.74, 6) is 0.326. The number of benzene rings is 1. The van der Waals surface area contributed by atoms with E-state index in [9.17, 15) is 9.59 Å². The lowest BCUT2D eigenvalue weighted by molar-refractivity contribution is -0.139. The zero-order valence-electron chi connectivity index (χ0n) is 16.5. The monoisotopic (exact) mass is 386 g/mol. The minimum absolute atomic E-state index is 0.114. The van der Waals surface area contributed by atoms with Gasteiger partial charge >= 0.3 is 6.09 Å². The van der Waals surface area contributed by atoms with E-state index in [0.717, 1.165) is 11.3 Å². The molecule has 1 atom stereocenters. The fourth-order valence-electron chi connectivity index (χ4n) is 3.07. The molecule has 2 aromatic rings. The second-order valence-electron chi connectivity index (χ2n) is 6.67. The van der Waals surface area contributed by atoms with Crippen LogP contribution < -0.4 is 4.74 Å². The Kier molecular flexibility index (Phi) is 6.18. The standard InChI is InChI=1S/C20H26N4O4/c1-4-27-20(26)23-12-10-22(11-13-23)19(25)16(3)28-18-15(2)14-24(21-18)17-8-6-5-7-9-17/h5-9,14,16H,4,10-13H2,1-3H3/t16-/m1/s1. The maximum atomic E-state index is 12.7. The number of piperazine rings is 1. The summed E-state index contributed by atoms with van der Waals surface area (Å²) in [5, 5.41) is 4.46. The Morgan fingerprint density at radius 1 is 1.11 bits per heavy atom. The highest BCUT2D eigenvalue weighted by molar-refractivity contribution is 5.81. The van der Waals surface area contributed by atoms with E-state index >= 15 is 0 Å². The van der Waals surface area contributed by atoms with Crippen LogP contribution in [-0.2, 0) is 9.53 Å². The number of nitrogens with zero attached hydrogens (tertiary/aromatic N) is 4. The van der Waals surface area contributed by atoms with E-state index in [0.29, 0.717) is 38.7 Å². The molecule has 0 aliphatic carbocycles. The van der Waals surface area contributed by atoms with Crippen LogP contribution in [0.15, 0.2) is 36.5 Å². The van der Waals surface area contributed by atoms with Gasteiger partial charge in [0.2, 0.25) is 5.88 Å². The first-order valence-electron chi connectivity index (χ1n) is 9.48. The van der Waals surface area contributed by atoms with E-state index in [2.05, 4.69) is 5.10 Å². The third-order valence-electron chi connectivity index (χ3n) is 4.63. The molecule has 1 aliphatic heterocycles. The third kappa shape index (κ3) is 4.44. The van der Waals surface area contributed by atoms with Crippen LogP contribution in [0.1, 0.15) is 19.4 Å². The molecule has 0 radical (unpaired) electrons. The van der Waals surface area contributed by atoms with Gasteiger partial charge in [-0.05, 0) is 32.9 Å². The van der Waals surface area contributed by atoms with E-state index in [1.807, 2.05) is 43.5 Å². The molecule has 1 aromatic heterocycles. The van der Waals surface area contributed by atoms with Crippen molar-refractivity contribution >= 4 is 12.0 Å². The van der Waals surface area contributed by atoms with Gasteiger partial charge in [-0.15, -0.1) is 5.10 Å². The quantitative estimate of drug-likeness (QED) is 0.788. The van der Waals surface area contributed by atoms with Crippen LogP contribution in [-0.4, -0.2) is 70.5 Å². The van der Waals surface area contributed by atoms with Crippen molar-refractivity contribution in [3.63, 3.8) is 0 Å². The van der Waals surface area contributed by atoms with Gasteiger partial charge in [0, 0.05) is 37.9 Å². The Balaban J connectivity index is 1.58. The fraction of sp³-hybridized carbons (Fsp3) is 0.450. The van der Waals surface area contributed by atoms with Crippen molar-refractivity contribution in [1.29, 1.82) is 0 Å².